The maximum absolute atomic E-state index is 12.0. The van der Waals surface area contributed by atoms with Gasteiger partial charge < -0.3 is 20.4 Å². The number of esters is 1. The molecule has 32 heavy (non-hydrogen) atoms. The lowest BCUT2D eigenvalue weighted by Crippen LogP contribution is -2.33. The summed E-state index contributed by atoms with van der Waals surface area (Å²) in [4.78, 5) is 25.1. The van der Waals surface area contributed by atoms with E-state index in [0.717, 1.165) is 53.2 Å². The number of hydrogen-bond acceptors (Lipinski definition) is 6. The molecule has 1 atom stereocenters. The standard InChI is InChI=1S/C25H27N5O2/c1-32-25(31)18-9-10-19-20(13-18)28-24-22(19)23(27-15-17-8-5-11-26-14-17)29-21(30-24)12-16-6-3-2-4-7-16/h2-4,6-7,9-10,13,17,26H,5,8,11-12,14-15H2,1H3,(H2,27,28,29,30). The zero-order valence-electron chi connectivity index (χ0n) is 18.1. The molecule has 3 N–H and O–H groups in total. The van der Waals surface area contributed by atoms with Crippen molar-refractivity contribution in [3.8, 4) is 0 Å². The number of rotatable bonds is 6. The van der Waals surface area contributed by atoms with Crippen LogP contribution in [-0.2, 0) is 11.2 Å². The van der Waals surface area contributed by atoms with Gasteiger partial charge in [0.05, 0.1) is 18.1 Å². The quantitative estimate of drug-likeness (QED) is 0.403. The molecule has 1 aliphatic heterocycles. The van der Waals surface area contributed by atoms with Gasteiger partial charge in [-0.1, -0.05) is 36.4 Å². The van der Waals surface area contributed by atoms with Crippen molar-refractivity contribution in [1.29, 1.82) is 0 Å². The van der Waals surface area contributed by atoms with E-state index in [1.54, 1.807) is 6.07 Å². The van der Waals surface area contributed by atoms with Gasteiger partial charge in [0.15, 0.2) is 0 Å². The summed E-state index contributed by atoms with van der Waals surface area (Å²) >= 11 is 0. The Kier molecular flexibility index (Phi) is 5.73. The van der Waals surface area contributed by atoms with Crippen molar-refractivity contribution >= 4 is 33.7 Å². The molecule has 0 amide bonds. The minimum atomic E-state index is -0.357. The monoisotopic (exact) mass is 429 g/mol. The molecule has 2 aromatic carbocycles. The van der Waals surface area contributed by atoms with Gasteiger partial charge >= 0.3 is 5.97 Å². The zero-order valence-corrected chi connectivity index (χ0v) is 18.1. The Hall–Kier alpha value is -3.45. The van der Waals surface area contributed by atoms with Crippen LogP contribution >= 0.6 is 0 Å². The Labute approximate surface area is 186 Å². The van der Waals surface area contributed by atoms with Gasteiger partial charge in [-0.3, -0.25) is 0 Å². The van der Waals surface area contributed by atoms with Crippen molar-refractivity contribution in [2.45, 2.75) is 19.3 Å². The van der Waals surface area contributed by atoms with E-state index in [2.05, 4.69) is 27.8 Å². The summed E-state index contributed by atoms with van der Waals surface area (Å²) < 4.78 is 4.88. The number of nitrogens with zero attached hydrogens (tertiary/aromatic N) is 2. The second-order valence-electron chi connectivity index (χ2n) is 8.34. The van der Waals surface area contributed by atoms with E-state index < -0.39 is 0 Å². The Morgan fingerprint density at radius 1 is 1.19 bits per heavy atom. The number of fused-ring (bicyclic) bond motifs is 3. The van der Waals surface area contributed by atoms with Crippen LogP contribution in [-0.4, -0.2) is 47.7 Å². The minimum absolute atomic E-state index is 0.357. The fraction of sp³-hybridized carbons (Fsp3) is 0.320. The molecule has 7 heteroatoms. The molecule has 164 valence electrons. The first-order valence-electron chi connectivity index (χ1n) is 11.1. The molecule has 1 unspecified atom stereocenters. The van der Waals surface area contributed by atoms with E-state index in [9.17, 15) is 4.79 Å². The SMILES string of the molecule is COC(=O)c1ccc2c(c1)[nH]c1nc(Cc3ccccc3)nc(NCC3CCCNC3)c12. The molecule has 1 aliphatic rings. The van der Waals surface area contributed by atoms with Crippen molar-refractivity contribution < 1.29 is 9.53 Å². The molecule has 4 aromatic rings. The van der Waals surface area contributed by atoms with Crippen LogP contribution < -0.4 is 10.6 Å². The molecule has 0 saturated carbocycles. The average Bonchev–Trinajstić information content (AvgIpc) is 3.21. The van der Waals surface area contributed by atoms with Crippen LogP contribution in [0, 0.1) is 5.92 Å². The van der Waals surface area contributed by atoms with Gasteiger partial charge in [0.2, 0.25) is 0 Å². The first kappa shape index (κ1) is 20.5. The third kappa shape index (κ3) is 4.16. The predicted molar refractivity (Wildman–Crippen MR) is 126 cm³/mol. The number of ether oxygens (including phenoxy) is 1. The molecule has 0 aliphatic carbocycles. The molecule has 3 heterocycles. The third-order valence-electron chi connectivity index (χ3n) is 6.08. The van der Waals surface area contributed by atoms with E-state index >= 15 is 0 Å². The molecular formula is C25H27N5O2. The summed E-state index contributed by atoms with van der Waals surface area (Å²) in [7, 11) is 1.39. The van der Waals surface area contributed by atoms with Crippen LogP contribution in [0.3, 0.4) is 0 Å². The van der Waals surface area contributed by atoms with Crippen molar-refractivity contribution in [3.05, 3.63) is 65.5 Å². The Balaban J connectivity index is 1.56. The molecular weight excluding hydrogens is 402 g/mol. The highest BCUT2D eigenvalue weighted by Gasteiger charge is 2.18. The summed E-state index contributed by atoms with van der Waals surface area (Å²) in [6, 6.07) is 15.8. The van der Waals surface area contributed by atoms with Crippen molar-refractivity contribution in [2.24, 2.45) is 5.92 Å². The van der Waals surface area contributed by atoms with Crippen molar-refractivity contribution in [2.75, 3.05) is 32.1 Å². The van der Waals surface area contributed by atoms with Crippen LogP contribution in [0.4, 0.5) is 5.82 Å². The lowest BCUT2D eigenvalue weighted by atomic mass is 10.00. The van der Waals surface area contributed by atoms with Gasteiger partial charge in [-0.05, 0) is 49.5 Å². The van der Waals surface area contributed by atoms with E-state index in [1.165, 1.54) is 25.5 Å². The van der Waals surface area contributed by atoms with Crippen LogP contribution in [0.15, 0.2) is 48.5 Å². The number of piperidine rings is 1. The zero-order chi connectivity index (χ0) is 21.9. The highest BCUT2D eigenvalue weighted by atomic mass is 16.5. The summed E-state index contributed by atoms with van der Waals surface area (Å²) in [5, 5.41) is 9.03. The first-order chi connectivity index (χ1) is 15.7. The fourth-order valence-corrected chi connectivity index (χ4v) is 4.42. The first-order valence-corrected chi connectivity index (χ1v) is 11.1. The fourth-order valence-electron chi connectivity index (χ4n) is 4.42. The van der Waals surface area contributed by atoms with E-state index in [4.69, 9.17) is 14.7 Å². The largest absolute Gasteiger partial charge is 0.465 e. The number of aromatic amines is 1. The van der Waals surface area contributed by atoms with Crippen LogP contribution in [0.25, 0.3) is 21.9 Å². The number of carbonyl (C=O) groups excluding carboxylic acids is 1. The van der Waals surface area contributed by atoms with Gasteiger partial charge in [-0.25, -0.2) is 14.8 Å². The summed E-state index contributed by atoms with van der Waals surface area (Å²) in [5.74, 6) is 1.81. The van der Waals surface area contributed by atoms with Gasteiger partial charge in [-0.2, -0.15) is 0 Å². The number of aromatic nitrogens is 3. The molecule has 0 radical (unpaired) electrons. The number of anilines is 1. The summed E-state index contributed by atoms with van der Waals surface area (Å²) in [6.45, 7) is 2.98. The topological polar surface area (TPSA) is 91.9 Å². The number of benzene rings is 2. The van der Waals surface area contributed by atoms with Crippen molar-refractivity contribution in [3.63, 3.8) is 0 Å². The van der Waals surface area contributed by atoms with Crippen molar-refractivity contribution in [1.82, 2.24) is 20.3 Å². The Bertz CT molecular complexity index is 1250. The molecule has 2 aromatic heterocycles. The summed E-state index contributed by atoms with van der Waals surface area (Å²) in [6.07, 6.45) is 3.06. The smallest absolute Gasteiger partial charge is 0.337 e. The Morgan fingerprint density at radius 2 is 2.06 bits per heavy atom. The van der Waals surface area contributed by atoms with Gasteiger partial charge in [0.25, 0.3) is 0 Å². The van der Waals surface area contributed by atoms with E-state index in [-0.39, 0.29) is 5.97 Å². The lowest BCUT2D eigenvalue weighted by molar-refractivity contribution is 0.0601. The average molecular weight is 430 g/mol. The number of H-pyrrole nitrogens is 1. The van der Waals surface area contributed by atoms with E-state index in [0.29, 0.717) is 17.9 Å². The number of carbonyl (C=O) groups is 1. The number of methoxy groups -OCH3 is 1. The molecule has 1 saturated heterocycles. The van der Waals surface area contributed by atoms with Gasteiger partial charge in [0.1, 0.15) is 17.3 Å². The number of hydrogen-bond donors (Lipinski definition) is 3. The van der Waals surface area contributed by atoms with Gasteiger partial charge in [-0.15, -0.1) is 0 Å². The van der Waals surface area contributed by atoms with Gasteiger partial charge in [0, 0.05) is 23.9 Å². The number of nitrogens with one attached hydrogen (secondary N) is 3. The minimum Gasteiger partial charge on any atom is -0.465 e. The third-order valence-corrected chi connectivity index (χ3v) is 6.08. The highest BCUT2D eigenvalue weighted by molar-refractivity contribution is 6.12. The lowest BCUT2D eigenvalue weighted by Gasteiger charge is -2.23. The van der Waals surface area contributed by atoms with E-state index in [1.807, 2.05) is 30.3 Å². The highest BCUT2D eigenvalue weighted by Crippen LogP contribution is 2.31. The maximum Gasteiger partial charge on any atom is 0.337 e. The predicted octanol–water partition coefficient (Wildman–Crippen LogP) is 3.90. The van der Waals surface area contributed by atoms with Crippen LogP contribution in [0.5, 0.6) is 0 Å². The molecule has 7 nitrogen and oxygen atoms in total. The Morgan fingerprint density at radius 3 is 2.84 bits per heavy atom. The molecule has 0 bridgehead atoms. The normalized spacial score (nSPS) is 16.3. The molecule has 1 fully saturated rings. The van der Waals surface area contributed by atoms with Crippen LogP contribution in [0.1, 0.15) is 34.6 Å². The molecule has 5 rings (SSSR count). The second-order valence-corrected chi connectivity index (χ2v) is 8.34. The van der Waals surface area contributed by atoms with Crippen LogP contribution in [0.2, 0.25) is 0 Å². The molecule has 0 spiro atoms. The second kappa shape index (κ2) is 8.96. The summed E-state index contributed by atoms with van der Waals surface area (Å²) in [5.41, 5.74) is 3.29. The maximum atomic E-state index is 12.0.